The number of ether oxygens (including phenoxy) is 4. The Morgan fingerprint density at radius 3 is 1.25 bits per heavy atom. The first-order valence-electron chi connectivity index (χ1n) is 26.2. The van der Waals surface area contributed by atoms with Crippen molar-refractivity contribution in [2.45, 2.75) is 278 Å². The van der Waals surface area contributed by atoms with Gasteiger partial charge in [-0.3, -0.25) is 9.59 Å². The van der Waals surface area contributed by atoms with Gasteiger partial charge in [0.15, 0.2) is 5.79 Å². The van der Waals surface area contributed by atoms with Crippen LogP contribution in [0, 0.1) is 11.8 Å². The third-order valence-corrected chi connectivity index (χ3v) is 12.9. The fourth-order valence-corrected chi connectivity index (χ4v) is 8.93. The van der Waals surface area contributed by atoms with Crippen LogP contribution in [0.5, 0.6) is 0 Å². The minimum atomic E-state index is -0.420. The maximum Gasteiger partial charge on any atom is 0.305 e. The van der Waals surface area contributed by atoms with E-state index in [1.165, 1.54) is 154 Å². The summed E-state index contributed by atoms with van der Waals surface area (Å²) in [5, 5.41) is 3.44. The first-order chi connectivity index (χ1) is 28.9. The highest BCUT2D eigenvalue weighted by atomic mass is 16.7. The molecule has 0 aromatic rings. The molecular weight excluding hydrogens is 735 g/mol. The highest BCUT2D eigenvalue weighted by molar-refractivity contribution is 5.69. The van der Waals surface area contributed by atoms with Gasteiger partial charge >= 0.3 is 11.9 Å². The van der Waals surface area contributed by atoms with Gasteiger partial charge in [0.2, 0.25) is 0 Å². The van der Waals surface area contributed by atoms with Crippen molar-refractivity contribution in [2.75, 3.05) is 32.9 Å². The second-order valence-corrected chi connectivity index (χ2v) is 18.5. The van der Waals surface area contributed by atoms with E-state index in [0.717, 1.165) is 77.3 Å². The van der Waals surface area contributed by atoms with Crippen LogP contribution in [0.2, 0.25) is 0 Å². The quantitative estimate of drug-likeness (QED) is 0.0483. The van der Waals surface area contributed by atoms with E-state index in [2.05, 4.69) is 39.9 Å². The molecule has 7 nitrogen and oxygen atoms in total. The lowest BCUT2D eigenvalue weighted by atomic mass is 9.92. The largest absolute Gasteiger partial charge is 0.466 e. The van der Waals surface area contributed by atoms with E-state index in [0.29, 0.717) is 44.5 Å². The van der Waals surface area contributed by atoms with Crippen molar-refractivity contribution in [3.05, 3.63) is 0 Å². The number of rotatable bonds is 45. The van der Waals surface area contributed by atoms with Gasteiger partial charge in [-0.05, 0) is 56.9 Å². The second-order valence-electron chi connectivity index (χ2n) is 18.5. The smallest absolute Gasteiger partial charge is 0.305 e. The average molecular weight is 836 g/mol. The SMILES string of the molecule is CCCCCC(CCCCC)CCOC(=O)CCCCCCCCCC1(CCCCCCCCCC(=O)OCCC(CCCCC)CCCCC)OCC(CNCC)O1. The summed E-state index contributed by atoms with van der Waals surface area (Å²) in [6, 6.07) is 0. The van der Waals surface area contributed by atoms with Crippen molar-refractivity contribution in [1.29, 1.82) is 0 Å². The third kappa shape index (κ3) is 33.1. The molecule has 59 heavy (non-hydrogen) atoms. The van der Waals surface area contributed by atoms with Gasteiger partial charge in [-0.25, -0.2) is 0 Å². The average Bonchev–Trinajstić information content (AvgIpc) is 3.64. The molecular formula is C52H101NO6. The molecule has 0 aromatic carbocycles. The van der Waals surface area contributed by atoms with Crippen LogP contribution >= 0.6 is 0 Å². The Kier molecular flexibility index (Phi) is 38.7. The van der Waals surface area contributed by atoms with E-state index in [1.807, 2.05) is 0 Å². The molecule has 0 bridgehead atoms. The van der Waals surface area contributed by atoms with Gasteiger partial charge in [-0.2, -0.15) is 0 Å². The fraction of sp³-hybridized carbons (Fsp3) is 0.962. The molecule has 1 rings (SSSR count). The molecule has 1 N–H and O–H groups in total. The van der Waals surface area contributed by atoms with Crippen LogP contribution in [0.1, 0.15) is 266 Å². The molecule has 0 amide bonds. The van der Waals surface area contributed by atoms with E-state index in [-0.39, 0.29) is 18.0 Å². The van der Waals surface area contributed by atoms with Gasteiger partial charge in [0.25, 0.3) is 0 Å². The van der Waals surface area contributed by atoms with Crippen LogP contribution in [0.25, 0.3) is 0 Å². The number of esters is 2. The van der Waals surface area contributed by atoms with Crippen molar-refractivity contribution in [3.63, 3.8) is 0 Å². The molecule has 1 saturated heterocycles. The molecule has 0 aliphatic carbocycles. The number of likely N-dealkylation sites (N-methyl/N-ethyl adjacent to an activating group) is 1. The molecule has 1 fully saturated rings. The Morgan fingerprint density at radius 2 is 0.881 bits per heavy atom. The summed E-state index contributed by atoms with van der Waals surface area (Å²) in [4.78, 5) is 24.7. The van der Waals surface area contributed by atoms with E-state index >= 15 is 0 Å². The summed E-state index contributed by atoms with van der Waals surface area (Å²) in [5.41, 5.74) is 0. The molecule has 1 aliphatic rings. The van der Waals surface area contributed by atoms with Gasteiger partial charge in [0.1, 0.15) is 0 Å². The zero-order valence-electron chi connectivity index (χ0n) is 40.2. The Hall–Kier alpha value is -1.18. The molecule has 0 radical (unpaired) electrons. The topological polar surface area (TPSA) is 83.1 Å². The molecule has 7 heteroatoms. The Bertz CT molecular complexity index is 849. The maximum atomic E-state index is 12.4. The van der Waals surface area contributed by atoms with Gasteiger partial charge in [0, 0.05) is 32.2 Å². The van der Waals surface area contributed by atoms with Crippen molar-refractivity contribution in [1.82, 2.24) is 5.32 Å². The van der Waals surface area contributed by atoms with Crippen LogP contribution in [0.15, 0.2) is 0 Å². The summed E-state index contributed by atoms with van der Waals surface area (Å²) in [6.45, 7) is 14.9. The van der Waals surface area contributed by atoms with Crippen LogP contribution in [-0.4, -0.2) is 56.7 Å². The van der Waals surface area contributed by atoms with Gasteiger partial charge in [0.05, 0.1) is 25.9 Å². The van der Waals surface area contributed by atoms with Crippen LogP contribution in [0.4, 0.5) is 0 Å². The van der Waals surface area contributed by atoms with Gasteiger partial charge < -0.3 is 24.3 Å². The summed E-state index contributed by atoms with van der Waals surface area (Å²) in [6.07, 6.45) is 42.1. The number of unbranched alkanes of at least 4 members (excludes halogenated alkanes) is 20. The number of hydrogen-bond donors (Lipinski definition) is 1. The van der Waals surface area contributed by atoms with E-state index in [9.17, 15) is 9.59 Å². The highest BCUT2D eigenvalue weighted by Crippen LogP contribution is 2.35. The van der Waals surface area contributed by atoms with Crippen LogP contribution in [0.3, 0.4) is 0 Å². The Labute approximate surface area is 367 Å². The van der Waals surface area contributed by atoms with Gasteiger partial charge in [-0.1, -0.05) is 202 Å². The lowest BCUT2D eigenvalue weighted by molar-refractivity contribution is -0.179. The molecule has 1 unspecified atom stereocenters. The normalized spacial score (nSPS) is 15.1. The first kappa shape index (κ1) is 55.8. The molecule has 0 saturated carbocycles. The number of carbonyl (C=O) groups is 2. The summed E-state index contributed by atoms with van der Waals surface area (Å²) >= 11 is 0. The summed E-state index contributed by atoms with van der Waals surface area (Å²) < 4.78 is 24.4. The fourth-order valence-electron chi connectivity index (χ4n) is 8.93. The van der Waals surface area contributed by atoms with Crippen molar-refractivity contribution >= 4 is 11.9 Å². The van der Waals surface area contributed by atoms with Crippen molar-refractivity contribution in [3.8, 4) is 0 Å². The highest BCUT2D eigenvalue weighted by Gasteiger charge is 2.40. The molecule has 1 atom stereocenters. The van der Waals surface area contributed by atoms with Crippen LogP contribution < -0.4 is 5.32 Å². The second kappa shape index (κ2) is 40.9. The van der Waals surface area contributed by atoms with Crippen molar-refractivity contribution < 1.29 is 28.5 Å². The lowest BCUT2D eigenvalue weighted by Gasteiger charge is -2.28. The standard InChI is InChI=1S/C52H101NO6/c1-6-11-25-33-47(34-26-12-7-2)39-43-56-50(54)37-29-21-17-15-19-23-31-41-52(58-46-49(59-52)45-53-10-5)42-32-24-20-16-18-22-30-38-51(55)57-44-40-48(35-27-13-8-3)36-28-14-9-4/h47-49,53H,6-46H2,1-5H3. The number of hydrogen-bond acceptors (Lipinski definition) is 7. The number of nitrogens with one attached hydrogen (secondary N) is 1. The van der Waals surface area contributed by atoms with E-state index in [4.69, 9.17) is 18.9 Å². The molecule has 0 spiro atoms. The van der Waals surface area contributed by atoms with Crippen LogP contribution in [-0.2, 0) is 28.5 Å². The molecule has 350 valence electrons. The Balaban J connectivity index is 2.19. The predicted octanol–water partition coefficient (Wildman–Crippen LogP) is 15.1. The monoisotopic (exact) mass is 836 g/mol. The van der Waals surface area contributed by atoms with Crippen molar-refractivity contribution in [2.24, 2.45) is 11.8 Å². The summed E-state index contributed by atoms with van der Waals surface area (Å²) in [7, 11) is 0. The van der Waals surface area contributed by atoms with Gasteiger partial charge in [-0.15, -0.1) is 0 Å². The third-order valence-electron chi connectivity index (χ3n) is 12.9. The zero-order valence-corrected chi connectivity index (χ0v) is 40.2. The minimum absolute atomic E-state index is 0.00108. The minimum Gasteiger partial charge on any atom is -0.466 e. The molecule has 0 aromatic heterocycles. The summed E-state index contributed by atoms with van der Waals surface area (Å²) in [5.74, 6) is 1.01. The predicted molar refractivity (Wildman–Crippen MR) is 250 cm³/mol. The first-order valence-corrected chi connectivity index (χ1v) is 26.2. The molecule has 1 aliphatic heterocycles. The van der Waals surface area contributed by atoms with E-state index in [1.54, 1.807) is 0 Å². The lowest BCUT2D eigenvalue weighted by Crippen LogP contribution is -2.34. The Morgan fingerprint density at radius 1 is 0.508 bits per heavy atom. The van der Waals surface area contributed by atoms with E-state index < -0.39 is 5.79 Å². The zero-order chi connectivity index (χ0) is 42.9. The molecule has 1 heterocycles. The number of carbonyl (C=O) groups excluding carboxylic acids is 2. The maximum absolute atomic E-state index is 12.4.